The van der Waals surface area contributed by atoms with Gasteiger partial charge in [0.1, 0.15) is 11.5 Å². The molecule has 0 saturated heterocycles. The largest absolute Gasteiger partial charge is 0.455 e. The topological polar surface area (TPSA) is 160 Å². The summed E-state index contributed by atoms with van der Waals surface area (Å²) in [5.41, 5.74) is 3.46. The standard InChI is InChI=1S/C18H22N8O3S/c1-3-20-16-23-17(21-4-2)25-18(24-16)26-22-11-13-7-10-15(29-13)12-5-8-14(9-6-12)30(19,27)28/h5-11H,3-4H2,1-2H3,(H2,19,27,28)(H3,20,21,23,24,25,26). The minimum atomic E-state index is -3.73. The van der Waals surface area contributed by atoms with Crippen LogP contribution in [0.1, 0.15) is 19.6 Å². The number of hydrogen-bond donors (Lipinski definition) is 4. The number of benzene rings is 1. The van der Waals surface area contributed by atoms with E-state index in [1.165, 1.54) is 18.3 Å². The summed E-state index contributed by atoms with van der Waals surface area (Å²) < 4.78 is 28.4. The third kappa shape index (κ3) is 5.52. The van der Waals surface area contributed by atoms with E-state index in [9.17, 15) is 8.42 Å². The molecular formula is C18H22N8O3S. The second kappa shape index (κ2) is 9.33. The molecule has 3 rings (SSSR count). The number of nitrogens with two attached hydrogens (primary N) is 1. The molecule has 0 aliphatic heterocycles. The summed E-state index contributed by atoms with van der Waals surface area (Å²) in [5, 5.41) is 15.3. The average molecular weight is 430 g/mol. The summed E-state index contributed by atoms with van der Waals surface area (Å²) in [4.78, 5) is 12.7. The van der Waals surface area contributed by atoms with Crippen LogP contribution in [-0.4, -0.2) is 42.7 Å². The number of hydrogen-bond acceptors (Lipinski definition) is 10. The molecule has 0 aliphatic carbocycles. The van der Waals surface area contributed by atoms with Gasteiger partial charge in [-0.3, -0.25) is 0 Å². The van der Waals surface area contributed by atoms with Gasteiger partial charge in [-0.25, -0.2) is 19.0 Å². The molecule has 30 heavy (non-hydrogen) atoms. The van der Waals surface area contributed by atoms with Crippen molar-refractivity contribution < 1.29 is 12.8 Å². The first-order valence-electron chi connectivity index (χ1n) is 9.15. The number of primary sulfonamides is 1. The Hall–Kier alpha value is -3.51. The summed E-state index contributed by atoms with van der Waals surface area (Å²) in [5.74, 6) is 2.19. The van der Waals surface area contributed by atoms with Gasteiger partial charge in [0.05, 0.1) is 11.1 Å². The Morgan fingerprint density at radius 1 is 0.967 bits per heavy atom. The van der Waals surface area contributed by atoms with Gasteiger partial charge in [0, 0.05) is 18.7 Å². The van der Waals surface area contributed by atoms with Gasteiger partial charge in [0.2, 0.25) is 27.9 Å². The highest BCUT2D eigenvalue weighted by Crippen LogP contribution is 2.23. The summed E-state index contributed by atoms with van der Waals surface area (Å²) >= 11 is 0. The molecule has 0 atom stereocenters. The Morgan fingerprint density at radius 3 is 2.13 bits per heavy atom. The predicted octanol–water partition coefficient (Wildman–Crippen LogP) is 2.09. The van der Waals surface area contributed by atoms with Crippen molar-refractivity contribution >= 4 is 34.1 Å². The molecule has 11 nitrogen and oxygen atoms in total. The van der Waals surface area contributed by atoms with Crippen LogP contribution in [0.4, 0.5) is 17.8 Å². The number of hydrazone groups is 1. The minimum absolute atomic E-state index is 0.0370. The number of anilines is 3. The third-order valence-corrected chi connectivity index (χ3v) is 4.68. The molecule has 0 unspecified atom stereocenters. The highest BCUT2D eigenvalue weighted by molar-refractivity contribution is 7.89. The summed E-state index contributed by atoms with van der Waals surface area (Å²) in [6, 6.07) is 9.57. The van der Waals surface area contributed by atoms with Crippen molar-refractivity contribution in [1.29, 1.82) is 0 Å². The molecule has 1 aromatic carbocycles. The normalized spacial score (nSPS) is 11.6. The van der Waals surface area contributed by atoms with Crippen LogP contribution >= 0.6 is 0 Å². The van der Waals surface area contributed by atoms with Gasteiger partial charge in [-0.15, -0.1) is 0 Å². The van der Waals surface area contributed by atoms with E-state index >= 15 is 0 Å². The van der Waals surface area contributed by atoms with Gasteiger partial charge in [-0.1, -0.05) is 0 Å². The van der Waals surface area contributed by atoms with Crippen molar-refractivity contribution in [2.24, 2.45) is 10.2 Å². The average Bonchev–Trinajstić information content (AvgIpc) is 3.17. The molecule has 0 amide bonds. The van der Waals surface area contributed by atoms with E-state index in [4.69, 9.17) is 9.56 Å². The van der Waals surface area contributed by atoms with Gasteiger partial charge >= 0.3 is 0 Å². The van der Waals surface area contributed by atoms with Crippen molar-refractivity contribution in [3.8, 4) is 11.3 Å². The van der Waals surface area contributed by atoms with Crippen LogP contribution in [0.3, 0.4) is 0 Å². The number of rotatable bonds is 9. The molecule has 0 bridgehead atoms. The zero-order valence-electron chi connectivity index (χ0n) is 16.5. The number of furan rings is 1. The molecular weight excluding hydrogens is 408 g/mol. The van der Waals surface area contributed by atoms with Crippen molar-refractivity contribution in [3.05, 3.63) is 42.2 Å². The fraction of sp³-hybridized carbons (Fsp3) is 0.222. The van der Waals surface area contributed by atoms with Crippen LogP contribution in [0.25, 0.3) is 11.3 Å². The van der Waals surface area contributed by atoms with E-state index in [0.717, 1.165) is 0 Å². The van der Waals surface area contributed by atoms with Crippen LogP contribution in [0.15, 0.2) is 50.8 Å². The number of sulfonamides is 1. The lowest BCUT2D eigenvalue weighted by atomic mass is 10.2. The van der Waals surface area contributed by atoms with E-state index in [1.807, 2.05) is 13.8 Å². The summed E-state index contributed by atoms with van der Waals surface area (Å²) in [6.45, 7) is 5.23. The molecule has 3 aromatic rings. The fourth-order valence-electron chi connectivity index (χ4n) is 2.44. The minimum Gasteiger partial charge on any atom is -0.455 e. The molecule has 0 fully saturated rings. The number of nitrogens with one attached hydrogen (secondary N) is 3. The van der Waals surface area contributed by atoms with Crippen LogP contribution in [0, 0.1) is 0 Å². The third-order valence-electron chi connectivity index (χ3n) is 3.76. The second-order valence-corrected chi connectivity index (χ2v) is 7.57. The smallest absolute Gasteiger partial charge is 0.250 e. The molecule has 2 aromatic heterocycles. The number of nitrogens with zero attached hydrogens (tertiary/aromatic N) is 4. The maximum atomic E-state index is 11.3. The quantitative estimate of drug-likeness (QED) is 0.294. The van der Waals surface area contributed by atoms with Crippen LogP contribution in [0.2, 0.25) is 0 Å². The molecule has 5 N–H and O–H groups in total. The van der Waals surface area contributed by atoms with Crippen molar-refractivity contribution in [2.75, 3.05) is 29.1 Å². The zero-order chi connectivity index (χ0) is 21.6. The second-order valence-electron chi connectivity index (χ2n) is 6.01. The fourth-order valence-corrected chi connectivity index (χ4v) is 2.96. The summed E-state index contributed by atoms with van der Waals surface area (Å²) in [7, 11) is -3.73. The van der Waals surface area contributed by atoms with Crippen LogP contribution < -0.4 is 21.2 Å². The number of aromatic nitrogens is 3. The van der Waals surface area contributed by atoms with E-state index in [0.29, 0.717) is 42.1 Å². The molecule has 0 aliphatic rings. The molecule has 0 saturated carbocycles. The van der Waals surface area contributed by atoms with E-state index in [2.05, 4.69) is 36.1 Å². The molecule has 158 valence electrons. The highest BCUT2D eigenvalue weighted by Gasteiger charge is 2.09. The highest BCUT2D eigenvalue weighted by atomic mass is 32.2. The van der Waals surface area contributed by atoms with Crippen molar-refractivity contribution in [1.82, 2.24) is 15.0 Å². The van der Waals surface area contributed by atoms with Crippen LogP contribution in [0.5, 0.6) is 0 Å². The van der Waals surface area contributed by atoms with Gasteiger partial charge in [-0.05, 0) is 50.2 Å². The van der Waals surface area contributed by atoms with Gasteiger partial charge < -0.3 is 15.1 Å². The lowest BCUT2D eigenvalue weighted by molar-refractivity contribution is 0.575. The zero-order valence-corrected chi connectivity index (χ0v) is 17.3. The van der Waals surface area contributed by atoms with E-state index in [1.54, 1.807) is 24.3 Å². The Balaban J connectivity index is 1.70. The summed E-state index contributed by atoms with van der Waals surface area (Å²) in [6.07, 6.45) is 1.48. The first kappa shape index (κ1) is 21.2. The van der Waals surface area contributed by atoms with Crippen LogP contribution in [-0.2, 0) is 10.0 Å². The SMILES string of the molecule is CCNc1nc(NCC)nc(NN=Cc2ccc(-c3ccc(S(N)(=O)=O)cc3)o2)n1. The first-order chi connectivity index (χ1) is 14.4. The first-order valence-corrected chi connectivity index (χ1v) is 10.7. The predicted molar refractivity (Wildman–Crippen MR) is 115 cm³/mol. The van der Waals surface area contributed by atoms with Crippen molar-refractivity contribution in [3.63, 3.8) is 0 Å². The lowest BCUT2D eigenvalue weighted by Crippen LogP contribution is -2.11. The maximum Gasteiger partial charge on any atom is 0.250 e. The molecule has 0 spiro atoms. The molecule has 0 radical (unpaired) electrons. The van der Waals surface area contributed by atoms with Gasteiger partial charge in [0.25, 0.3) is 0 Å². The lowest BCUT2D eigenvalue weighted by Gasteiger charge is -2.07. The Bertz CT molecular complexity index is 1100. The molecule has 2 heterocycles. The van der Waals surface area contributed by atoms with Gasteiger partial charge in [0.15, 0.2) is 0 Å². The Kier molecular flexibility index (Phi) is 6.59. The van der Waals surface area contributed by atoms with E-state index in [-0.39, 0.29) is 10.8 Å². The van der Waals surface area contributed by atoms with E-state index < -0.39 is 10.0 Å². The molecule has 12 heteroatoms. The maximum absolute atomic E-state index is 11.3. The Morgan fingerprint density at radius 2 is 1.57 bits per heavy atom. The Labute approximate surface area is 173 Å². The van der Waals surface area contributed by atoms with Gasteiger partial charge in [-0.2, -0.15) is 20.1 Å². The van der Waals surface area contributed by atoms with Crippen molar-refractivity contribution in [2.45, 2.75) is 18.7 Å². The monoisotopic (exact) mass is 430 g/mol.